The maximum atomic E-state index is 9.44. The molecule has 5 atom stereocenters. The lowest BCUT2D eigenvalue weighted by Crippen LogP contribution is -2.29. The highest BCUT2D eigenvalue weighted by Crippen LogP contribution is 2.51. The van der Waals surface area contributed by atoms with Crippen molar-refractivity contribution in [3.05, 3.63) is 0 Å². The van der Waals surface area contributed by atoms with Gasteiger partial charge in [-0.2, -0.15) is 0 Å². The molecular weight excluding hydrogens is 148 g/mol. The minimum absolute atomic E-state index is 0.0277. The van der Waals surface area contributed by atoms with Crippen LogP contribution >= 0.6 is 0 Å². The molecule has 2 rings (SSSR count). The average molecular weight is 160 g/mol. The molecule has 2 N–H and O–H groups in total. The third-order valence-electron chi connectivity index (χ3n) is 2.56. The number of methoxy groups -OCH3 is 1. The van der Waals surface area contributed by atoms with Crippen LogP contribution in [0.5, 0.6) is 0 Å². The number of aliphatic hydroxyl groups excluding tert-OH is 2. The summed E-state index contributed by atoms with van der Waals surface area (Å²) in [5.41, 5.74) is 0. The highest BCUT2D eigenvalue weighted by atomic mass is 16.7. The Morgan fingerprint density at radius 1 is 1.55 bits per heavy atom. The second kappa shape index (κ2) is 2.42. The van der Waals surface area contributed by atoms with Crippen LogP contribution in [0.25, 0.3) is 0 Å². The summed E-state index contributed by atoms with van der Waals surface area (Å²) < 4.78 is 10.1. The Morgan fingerprint density at radius 3 is 2.64 bits per heavy atom. The number of fused-ring (bicyclic) bond motifs is 1. The Bertz CT molecular complexity index is 161. The van der Waals surface area contributed by atoms with Crippen molar-refractivity contribution in [1.29, 1.82) is 0 Å². The zero-order valence-electron chi connectivity index (χ0n) is 6.30. The van der Waals surface area contributed by atoms with Crippen LogP contribution in [0.2, 0.25) is 0 Å². The zero-order valence-corrected chi connectivity index (χ0v) is 6.30. The van der Waals surface area contributed by atoms with Gasteiger partial charge in [0, 0.05) is 25.6 Å². The normalized spacial score (nSPS) is 54.3. The highest BCUT2D eigenvalue weighted by molar-refractivity contribution is 5.07. The quantitative estimate of drug-likeness (QED) is 0.541. The van der Waals surface area contributed by atoms with E-state index in [0.717, 1.165) is 0 Å². The Balaban J connectivity index is 1.95. The molecule has 0 aromatic carbocycles. The van der Waals surface area contributed by atoms with Crippen molar-refractivity contribution < 1.29 is 19.7 Å². The lowest BCUT2D eigenvalue weighted by molar-refractivity contribution is -0.161. The van der Waals surface area contributed by atoms with Gasteiger partial charge in [0.15, 0.2) is 6.29 Å². The van der Waals surface area contributed by atoms with Crippen LogP contribution in [0.15, 0.2) is 0 Å². The molecule has 2 aliphatic rings. The summed E-state index contributed by atoms with van der Waals surface area (Å²) in [7, 11) is 1.51. The Morgan fingerprint density at radius 2 is 2.27 bits per heavy atom. The monoisotopic (exact) mass is 160 g/mol. The van der Waals surface area contributed by atoms with Crippen LogP contribution in [0.4, 0.5) is 0 Å². The Hall–Kier alpha value is -0.160. The molecular formula is C7H12O4. The van der Waals surface area contributed by atoms with E-state index in [-0.39, 0.29) is 24.5 Å². The number of hydrogen-bond acceptors (Lipinski definition) is 4. The van der Waals surface area contributed by atoms with E-state index >= 15 is 0 Å². The standard InChI is InChI=1S/C7H12O4/c1-10-7-5(9)4-3(2-8)6(4)11-7/h3-9H,2H2,1H3/t3-,4+,5+,6+,7-/m0/s1. The van der Waals surface area contributed by atoms with Gasteiger partial charge in [0.25, 0.3) is 0 Å². The predicted molar refractivity (Wildman–Crippen MR) is 35.7 cm³/mol. The first-order chi connectivity index (χ1) is 5.29. The van der Waals surface area contributed by atoms with Crippen LogP contribution in [0.3, 0.4) is 0 Å². The molecule has 0 aromatic rings. The molecule has 0 unspecified atom stereocenters. The molecule has 1 saturated carbocycles. The van der Waals surface area contributed by atoms with E-state index < -0.39 is 12.4 Å². The lowest BCUT2D eigenvalue weighted by atomic mass is 10.2. The van der Waals surface area contributed by atoms with Gasteiger partial charge in [-0.1, -0.05) is 0 Å². The Labute approximate surface area is 64.7 Å². The second-order valence-corrected chi connectivity index (χ2v) is 3.12. The molecule has 0 radical (unpaired) electrons. The third kappa shape index (κ3) is 0.906. The van der Waals surface area contributed by atoms with Crippen LogP contribution in [-0.2, 0) is 9.47 Å². The summed E-state index contributed by atoms with van der Waals surface area (Å²) in [6.45, 7) is 0.100. The predicted octanol–water partition coefficient (Wildman–Crippen LogP) is -1.04. The van der Waals surface area contributed by atoms with Gasteiger partial charge in [-0.15, -0.1) is 0 Å². The van der Waals surface area contributed by atoms with Crippen molar-refractivity contribution in [2.75, 3.05) is 13.7 Å². The molecule has 2 fully saturated rings. The van der Waals surface area contributed by atoms with Crippen molar-refractivity contribution in [2.24, 2.45) is 11.8 Å². The fourth-order valence-corrected chi connectivity index (χ4v) is 1.84. The van der Waals surface area contributed by atoms with Gasteiger partial charge < -0.3 is 19.7 Å². The van der Waals surface area contributed by atoms with E-state index in [1.54, 1.807) is 0 Å². The summed E-state index contributed by atoms with van der Waals surface area (Å²) in [5.74, 6) is 0.237. The van der Waals surface area contributed by atoms with E-state index in [9.17, 15) is 5.11 Å². The minimum Gasteiger partial charge on any atom is -0.396 e. The third-order valence-corrected chi connectivity index (χ3v) is 2.56. The van der Waals surface area contributed by atoms with Crippen LogP contribution in [-0.4, -0.2) is 42.4 Å². The van der Waals surface area contributed by atoms with Gasteiger partial charge in [-0.3, -0.25) is 0 Å². The fourth-order valence-electron chi connectivity index (χ4n) is 1.84. The number of aliphatic hydroxyl groups is 2. The van der Waals surface area contributed by atoms with Crippen molar-refractivity contribution in [3.8, 4) is 0 Å². The van der Waals surface area contributed by atoms with Crippen LogP contribution in [0, 0.1) is 11.8 Å². The topological polar surface area (TPSA) is 58.9 Å². The van der Waals surface area contributed by atoms with E-state index in [1.807, 2.05) is 0 Å². The molecule has 1 aliphatic carbocycles. The smallest absolute Gasteiger partial charge is 0.183 e. The fraction of sp³-hybridized carbons (Fsp3) is 1.00. The van der Waals surface area contributed by atoms with Crippen molar-refractivity contribution >= 4 is 0 Å². The molecule has 11 heavy (non-hydrogen) atoms. The number of ether oxygens (including phenoxy) is 2. The van der Waals surface area contributed by atoms with Gasteiger partial charge in [0.05, 0.1) is 6.10 Å². The largest absolute Gasteiger partial charge is 0.396 e. The molecule has 0 aromatic heterocycles. The van der Waals surface area contributed by atoms with Crippen LogP contribution < -0.4 is 0 Å². The summed E-state index contributed by atoms with van der Waals surface area (Å²) in [6, 6.07) is 0. The second-order valence-electron chi connectivity index (χ2n) is 3.12. The van der Waals surface area contributed by atoms with Gasteiger partial charge >= 0.3 is 0 Å². The first-order valence-corrected chi connectivity index (χ1v) is 3.76. The molecule has 1 saturated heterocycles. The van der Waals surface area contributed by atoms with Crippen molar-refractivity contribution in [2.45, 2.75) is 18.5 Å². The number of rotatable bonds is 2. The van der Waals surface area contributed by atoms with E-state index in [4.69, 9.17) is 14.6 Å². The number of hydrogen-bond donors (Lipinski definition) is 2. The van der Waals surface area contributed by atoms with E-state index in [2.05, 4.69) is 0 Å². The summed E-state index contributed by atoms with van der Waals surface area (Å²) >= 11 is 0. The lowest BCUT2D eigenvalue weighted by Gasteiger charge is -2.16. The van der Waals surface area contributed by atoms with E-state index in [0.29, 0.717) is 0 Å². The molecule has 64 valence electrons. The first kappa shape index (κ1) is 7.49. The average Bonchev–Trinajstić information content (AvgIpc) is 2.63. The maximum absolute atomic E-state index is 9.44. The van der Waals surface area contributed by atoms with Crippen LogP contribution in [0.1, 0.15) is 0 Å². The summed E-state index contributed by atoms with van der Waals surface area (Å²) in [5, 5.41) is 18.2. The first-order valence-electron chi connectivity index (χ1n) is 3.76. The molecule has 0 amide bonds. The highest BCUT2D eigenvalue weighted by Gasteiger charge is 2.63. The van der Waals surface area contributed by atoms with Gasteiger partial charge in [-0.05, 0) is 0 Å². The zero-order chi connectivity index (χ0) is 8.01. The molecule has 1 heterocycles. The molecule has 1 aliphatic heterocycles. The molecule has 4 heteroatoms. The van der Waals surface area contributed by atoms with Gasteiger partial charge in [0.1, 0.15) is 6.10 Å². The molecule has 0 bridgehead atoms. The molecule has 4 nitrogen and oxygen atoms in total. The minimum atomic E-state index is -0.554. The van der Waals surface area contributed by atoms with Crippen molar-refractivity contribution in [3.63, 3.8) is 0 Å². The van der Waals surface area contributed by atoms with Crippen molar-refractivity contribution in [1.82, 2.24) is 0 Å². The SMILES string of the molecule is CO[C@H]1O[C@@H]2[C@@H](CO)[C@@H]2[C@H]1O. The van der Waals surface area contributed by atoms with Gasteiger partial charge in [0.2, 0.25) is 0 Å². The Kier molecular flexibility index (Phi) is 1.64. The maximum Gasteiger partial charge on any atom is 0.183 e. The summed E-state index contributed by atoms with van der Waals surface area (Å²) in [4.78, 5) is 0. The van der Waals surface area contributed by atoms with Gasteiger partial charge in [-0.25, -0.2) is 0 Å². The summed E-state index contributed by atoms with van der Waals surface area (Å²) in [6.07, 6.45) is -1.00. The molecule has 0 spiro atoms. The van der Waals surface area contributed by atoms with E-state index in [1.165, 1.54) is 7.11 Å².